The van der Waals surface area contributed by atoms with Gasteiger partial charge in [-0.15, -0.1) is 0 Å². The molecule has 0 bridgehead atoms. The van der Waals surface area contributed by atoms with Crippen molar-refractivity contribution < 1.29 is 4.74 Å². The highest BCUT2D eigenvalue weighted by molar-refractivity contribution is 5.68. The molecule has 0 saturated heterocycles. The lowest BCUT2D eigenvalue weighted by atomic mass is 9.91. The fourth-order valence-corrected chi connectivity index (χ4v) is 2.12. The third kappa shape index (κ3) is 5.40. The quantitative estimate of drug-likeness (QED) is 0.597. The van der Waals surface area contributed by atoms with E-state index >= 15 is 0 Å². The molecule has 1 nitrogen and oxygen atoms in total. The van der Waals surface area contributed by atoms with Gasteiger partial charge >= 0.3 is 0 Å². The first kappa shape index (κ1) is 16.8. The van der Waals surface area contributed by atoms with Crippen LogP contribution in [0.15, 0.2) is 29.8 Å². The largest absolute Gasteiger partial charge is 0.493 e. The Morgan fingerprint density at radius 3 is 2.10 bits per heavy atom. The third-order valence-corrected chi connectivity index (χ3v) is 3.64. The Kier molecular flexibility index (Phi) is 6.84. The van der Waals surface area contributed by atoms with Gasteiger partial charge < -0.3 is 4.74 Å². The first-order chi connectivity index (χ1) is 9.43. The average Bonchev–Trinajstić information content (AvgIpc) is 2.42. The molecule has 20 heavy (non-hydrogen) atoms. The van der Waals surface area contributed by atoms with Crippen LogP contribution in [0.4, 0.5) is 0 Å². The van der Waals surface area contributed by atoms with Gasteiger partial charge in [0.25, 0.3) is 0 Å². The average molecular weight is 274 g/mol. The molecule has 112 valence electrons. The molecule has 0 aliphatic rings. The molecule has 0 aliphatic carbocycles. The fraction of sp³-hybridized carbons (Fsp3) is 0.579. The number of ether oxygens (including phenoxy) is 1. The molecule has 0 radical (unpaired) electrons. The van der Waals surface area contributed by atoms with Crippen LogP contribution < -0.4 is 4.74 Å². The summed E-state index contributed by atoms with van der Waals surface area (Å²) in [6.45, 7) is 14.1. The summed E-state index contributed by atoms with van der Waals surface area (Å²) >= 11 is 0. The minimum Gasteiger partial charge on any atom is -0.493 e. The number of rotatable bonds is 7. The molecule has 1 rings (SSSR count). The monoisotopic (exact) mass is 274 g/mol. The normalized spacial score (nSPS) is 12.3. The molecule has 0 fully saturated rings. The molecule has 1 aromatic carbocycles. The zero-order chi connectivity index (χ0) is 15.1. The molecule has 0 aliphatic heterocycles. The van der Waals surface area contributed by atoms with Crippen LogP contribution in [0.3, 0.4) is 0 Å². The highest BCUT2D eigenvalue weighted by Crippen LogP contribution is 2.28. The summed E-state index contributed by atoms with van der Waals surface area (Å²) in [5.41, 5.74) is 4.23. The second-order valence-corrected chi connectivity index (χ2v) is 6.43. The van der Waals surface area contributed by atoms with Crippen LogP contribution in [0.25, 0.3) is 5.57 Å². The molecule has 0 heterocycles. The molecule has 0 spiro atoms. The highest BCUT2D eigenvalue weighted by Gasteiger charge is 2.08. The number of hydrogen-bond acceptors (Lipinski definition) is 1. The number of benzene rings is 1. The van der Waals surface area contributed by atoms with Crippen LogP contribution in [-0.4, -0.2) is 6.61 Å². The van der Waals surface area contributed by atoms with Gasteiger partial charge in [0.05, 0.1) is 6.61 Å². The molecule has 0 aromatic heterocycles. The maximum Gasteiger partial charge on any atom is 0.119 e. The first-order valence-corrected chi connectivity index (χ1v) is 7.83. The van der Waals surface area contributed by atoms with E-state index in [1.54, 1.807) is 0 Å². The maximum atomic E-state index is 5.75. The molecular formula is C19H30O. The van der Waals surface area contributed by atoms with E-state index < -0.39 is 0 Å². The third-order valence-electron chi connectivity index (χ3n) is 3.64. The fourth-order valence-electron chi connectivity index (χ4n) is 2.12. The second kappa shape index (κ2) is 8.14. The van der Waals surface area contributed by atoms with Crippen LogP contribution in [0, 0.1) is 11.8 Å². The van der Waals surface area contributed by atoms with E-state index in [2.05, 4.69) is 65.8 Å². The van der Waals surface area contributed by atoms with Crippen molar-refractivity contribution in [1.82, 2.24) is 0 Å². The number of hydrogen-bond donors (Lipinski definition) is 0. The second-order valence-electron chi connectivity index (χ2n) is 6.43. The van der Waals surface area contributed by atoms with Crippen LogP contribution in [0.2, 0.25) is 0 Å². The van der Waals surface area contributed by atoms with Crippen molar-refractivity contribution in [3.63, 3.8) is 0 Å². The zero-order valence-electron chi connectivity index (χ0n) is 14.0. The molecule has 1 aromatic rings. The van der Waals surface area contributed by atoms with Gasteiger partial charge in [0.2, 0.25) is 0 Å². The van der Waals surface area contributed by atoms with Gasteiger partial charge in [0.15, 0.2) is 0 Å². The minimum absolute atomic E-state index is 0.563. The Labute approximate surface area is 125 Å². The Hall–Kier alpha value is -1.24. The van der Waals surface area contributed by atoms with Crippen LogP contribution in [0.1, 0.15) is 59.9 Å². The maximum absolute atomic E-state index is 5.75. The van der Waals surface area contributed by atoms with Gasteiger partial charge in [-0.25, -0.2) is 0 Å². The zero-order valence-corrected chi connectivity index (χ0v) is 14.0. The van der Waals surface area contributed by atoms with E-state index in [1.807, 2.05) is 0 Å². The molecule has 0 saturated carbocycles. The van der Waals surface area contributed by atoms with Gasteiger partial charge in [0, 0.05) is 0 Å². The summed E-state index contributed by atoms with van der Waals surface area (Å²) in [6.07, 6.45) is 2.39. The summed E-state index contributed by atoms with van der Waals surface area (Å²) in [5.74, 6) is 2.27. The Morgan fingerprint density at radius 1 is 1.05 bits per heavy atom. The summed E-state index contributed by atoms with van der Waals surface area (Å²) in [6, 6.07) is 8.58. The van der Waals surface area contributed by atoms with Crippen molar-refractivity contribution in [2.75, 3.05) is 6.61 Å². The molecular weight excluding hydrogens is 244 g/mol. The van der Waals surface area contributed by atoms with Crippen molar-refractivity contribution in [3.8, 4) is 5.75 Å². The minimum atomic E-state index is 0.563. The van der Waals surface area contributed by atoms with Crippen LogP contribution in [-0.2, 0) is 0 Å². The molecule has 1 heteroatoms. The molecule has 1 atom stereocenters. The topological polar surface area (TPSA) is 9.23 Å². The van der Waals surface area contributed by atoms with Crippen molar-refractivity contribution in [1.29, 1.82) is 0 Å². The van der Waals surface area contributed by atoms with Crippen molar-refractivity contribution in [2.24, 2.45) is 11.8 Å². The lowest BCUT2D eigenvalue weighted by molar-refractivity contribution is 0.271. The van der Waals surface area contributed by atoms with Crippen LogP contribution in [0.5, 0.6) is 5.75 Å². The standard InChI is InChI=1S/C19H30O/c1-7-16(6)12-19(15(4)5)17-8-10-18(11-9-17)20-13-14(2)3/h8-11,14,16H,7,12-13H2,1-6H3. The van der Waals surface area contributed by atoms with Gasteiger partial charge in [-0.2, -0.15) is 0 Å². The molecule has 1 unspecified atom stereocenters. The predicted octanol–water partition coefficient (Wildman–Crippen LogP) is 5.95. The van der Waals surface area contributed by atoms with Gasteiger partial charge in [-0.1, -0.05) is 51.8 Å². The molecule has 0 amide bonds. The van der Waals surface area contributed by atoms with E-state index in [0.29, 0.717) is 5.92 Å². The van der Waals surface area contributed by atoms with E-state index in [4.69, 9.17) is 4.74 Å². The molecule has 0 N–H and O–H groups in total. The SMILES string of the molecule is CCC(C)CC(=C(C)C)c1ccc(OCC(C)C)cc1. The van der Waals surface area contributed by atoms with Gasteiger partial charge in [-0.3, -0.25) is 0 Å². The highest BCUT2D eigenvalue weighted by atomic mass is 16.5. The Bertz CT molecular complexity index is 422. The Morgan fingerprint density at radius 2 is 1.65 bits per heavy atom. The van der Waals surface area contributed by atoms with E-state index in [-0.39, 0.29) is 0 Å². The van der Waals surface area contributed by atoms with Crippen molar-refractivity contribution >= 4 is 5.57 Å². The smallest absolute Gasteiger partial charge is 0.119 e. The van der Waals surface area contributed by atoms with Crippen molar-refractivity contribution in [3.05, 3.63) is 35.4 Å². The lowest BCUT2D eigenvalue weighted by Crippen LogP contribution is -2.04. The summed E-state index contributed by atoms with van der Waals surface area (Å²) in [4.78, 5) is 0. The van der Waals surface area contributed by atoms with Gasteiger partial charge in [-0.05, 0) is 55.4 Å². The van der Waals surface area contributed by atoms with Crippen LogP contribution >= 0.6 is 0 Å². The first-order valence-electron chi connectivity index (χ1n) is 7.83. The van der Waals surface area contributed by atoms with E-state index in [9.17, 15) is 0 Å². The lowest BCUT2D eigenvalue weighted by Gasteiger charge is -2.16. The summed E-state index contributed by atoms with van der Waals surface area (Å²) < 4.78 is 5.75. The van der Waals surface area contributed by atoms with Gasteiger partial charge in [0.1, 0.15) is 5.75 Å². The predicted molar refractivity (Wildman–Crippen MR) is 89.1 cm³/mol. The van der Waals surface area contributed by atoms with E-state index in [0.717, 1.165) is 24.7 Å². The number of allylic oxidation sites excluding steroid dienone is 2. The van der Waals surface area contributed by atoms with Crippen molar-refractivity contribution in [2.45, 2.75) is 54.4 Å². The summed E-state index contributed by atoms with van der Waals surface area (Å²) in [7, 11) is 0. The summed E-state index contributed by atoms with van der Waals surface area (Å²) in [5, 5.41) is 0. The van der Waals surface area contributed by atoms with E-state index in [1.165, 1.54) is 23.1 Å². The Balaban J connectivity index is 2.81.